The molecule has 0 spiro atoms. The zero-order chi connectivity index (χ0) is 22.1. The summed E-state index contributed by atoms with van der Waals surface area (Å²) in [6, 6.07) is 8.08. The Kier molecular flexibility index (Phi) is 5.20. The van der Waals surface area contributed by atoms with Crippen molar-refractivity contribution in [1.29, 1.82) is 0 Å². The van der Waals surface area contributed by atoms with Crippen molar-refractivity contribution in [3.8, 4) is 0 Å². The molecular weight excluding hydrogens is 402 g/mol. The highest BCUT2D eigenvalue weighted by Gasteiger charge is 2.46. The van der Waals surface area contributed by atoms with Crippen LogP contribution in [-0.4, -0.2) is 39.1 Å². The number of aromatic amines is 1. The quantitative estimate of drug-likeness (QED) is 0.518. The van der Waals surface area contributed by atoms with Gasteiger partial charge in [0, 0.05) is 31.0 Å². The first kappa shape index (κ1) is 20.4. The number of nitrogens with two attached hydrogens (primary N) is 1. The van der Waals surface area contributed by atoms with E-state index in [0.717, 1.165) is 48.2 Å². The number of aliphatic imine (C=N–C) groups is 1. The van der Waals surface area contributed by atoms with Gasteiger partial charge in [0.1, 0.15) is 17.7 Å². The fourth-order valence-electron chi connectivity index (χ4n) is 4.65. The minimum Gasteiger partial charge on any atom is -0.404 e. The van der Waals surface area contributed by atoms with Crippen LogP contribution in [0.5, 0.6) is 0 Å². The van der Waals surface area contributed by atoms with Crippen LogP contribution >= 0.6 is 0 Å². The maximum Gasteiger partial charge on any atom is 0.272 e. The third-order valence-electron chi connectivity index (χ3n) is 6.56. The first-order chi connectivity index (χ1) is 15.6. The minimum absolute atomic E-state index is 0.216. The Balaban J connectivity index is 1.42. The Labute approximate surface area is 186 Å². The van der Waals surface area contributed by atoms with Crippen LogP contribution in [0.1, 0.15) is 71.9 Å². The van der Waals surface area contributed by atoms with Crippen LogP contribution in [0.3, 0.4) is 0 Å². The van der Waals surface area contributed by atoms with Gasteiger partial charge in [0.05, 0.1) is 5.54 Å². The molecule has 32 heavy (non-hydrogen) atoms. The van der Waals surface area contributed by atoms with Crippen LogP contribution in [0.4, 0.5) is 0 Å². The van der Waals surface area contributed by atoms with E-state index in [2.05, 4.69) is 36.3 Å². The second kappa shape index (κ2) is 8.18. The average Bonchev–Trinajstić information content (AvgIpc) is 3.21. The number of rotatable bonds is 6. The molecule has 0 atom stereocenters. The Hall–Kier alpha value is -3.55. The molecule has 0 aliphatic heterocycles. The van der Waals surface area contributed by atoms with Crippen molar-refractivity contribution in [3.05, 3.63) is 59.4 Å². The van der Waals surface area contributed by atoms with Crippen LogP contribution in [0.2, 0.25) is 0 Å². The third-order valence-corrected chi connectivity index (χ3v) is 6.56. The molecule has 0 unspecified atom stereocenters. The predicted octanol–water partition coefficient (Wildman–Crippen LogP) is 3.43. The zero-order valence-corrected chi connectivity index (χ0v) is 18.1. The van der Waals surface area contributed by atoms with Crippen molar-refractivity contribution in [2.75, 3.05) is 7.05 Å². The molecule has 0 saturated heterocycles. The molecule has 2 saturated carbocycles. The normalized spacial score (nSPS) is 18.5. The number of carbonyl (C=O) groups excluding carboxylic acids is 1. The van der Waals surface area contributed by atoms with Crippen molar-refractivity contribution in [2.45, 2.75) is 50.0 Å². The van der Waals surface area contributed by atoms with E-state index >= 15 is 0 Å². The molecule has 5 rings (SSSR count). The standard InChI is InChI=1S/C24H27N7O/c1-26-13-17(12-25)16-7-4-8-18(11-16)24(9-10-24)31-23(32)20-19-22(28-14-27-20)30-21(29-19)15-5-2-3-6-15/h4,7-8,11-15H,2-3,5-6,9-10,25H2,1H3,(H,31,32)(H,27,28,29,30). The molecule has 2 aliphatic rings. The highest BCUT2D eigenvalue weighted by Crippen LogP contribution is 2.46. The maximum atomic E-state index is 13.3. The molecule has 1 aromatic carbocycles. The van der Waals surface area contributed by atoms with Gasteiger partial charge in [-0.05, 0) is 42.9 Å². The summed E-state index contributed by atoms with van der Waals surface area (Å²) >= 11 is 0. The van der Waals surface area contributed by atoms with Crippen LogP contribution in [0.25, 0.3) is 16.7 Å². The van der Waals surface area contributed by atoms with Gasteiger partial charge in [0.15, 0.2) is 11.3 Å². The first-order valence-corrected chi connectivity index (χ1v) is 11.1. The average molecular weight is 430 g/mol. The number of benzene rings is 1. The number of nitrogens with zero attached hydrogens (tertiary/aromatic N) is 4. The number of hydrogen-bond donors (Lipinski definition) is 3. The fourth-order valence-corrected chi connectivity index (χ4v) is 4.65. The highest BCUT2D eigenvalue weighted by molar-refractivity contribution is 6.09. The summed E-state index contributed by atoms with van der Waals surface area (Å²) in [6.45, 7) is 0. The molecule has 0 bridgehead atoms. The SMILES string of the molecule is CN=CC(=CN)c1cccc(C2(NC(=O)c3ncnc4nc(C5CCCC5)[nH]c34)CC2)c1. The van der Waals surface area contributed by atoms with E-state index in [1.807, 2.05) is 18.2 Å². The predicted molar refractivity (Wildman–Crippen MR) is 124 cm³/mol. The van der Waals surface area contributed by atoms with Crippen LogP contribution in [0, 0.1) is 0 Å². The van der Waals surface area contributed by atoms with Crippen molar-refractivity contribution in [2.24, 2.45) is 10.7 Å². The maximum absolute atomic E-state index is 13.3. The lowest BCUT2D eigenvalue weighted by molar-refractivity contribution is 0.0927. The van der Waals surface area contributed by atoms with Gasteiger partial charge in [0.25, 0.3) is 5.91 Å². The molecule has 2 fully saturated rings. The van der Waals surface area contributed by atoms with Gasteiger partial charge in [-0.3, -0.25) is 9.79 Å². The number of amides is 1. The van der Waals surface area contributed by atoms with Gasteiger partial charge in [-0.15, -0.1) is 0 Å². The van der Waals surface area contributed by atoms with Crippen molar-refractivity contribution in [1.82, 2.24) is 25.3 Å². The Morgan fingerprint density at radius 2 is 2.09 bits per heavy atom. The summed E-state index contributed by atoms with van der Waals surface area (Å²) in [6.07, 6.45) is 11.1. The van der Waals surface area contributed by atoms with Crippen molar-refractivity contribution in [3.63, 3.8) is 0 Å². The lowest BCUT2D eigenvalue weighted by Gasteiger charge is -2.19. The number of carbonyl (C=O) groups is 1. The van der Waals surface area contributed by atoms with Crippen LogP contribution in [-0.2, 0) is 5.54 Å². The van der Waals surface area contributed by atoms with E-state index < -0.39 is 5.54 Å². The summed E-state index contributed by atoms with van der Waals surface area (Å²) in [5, 5.41) is 3.23. The Morgan fingerprint density at radius 1 is 1.28 bits per heavy atom. The van der Waals surface area contributed by atoms with Gasteiger partial charge in [-0.25, -0.2) is 15.0 Å². The Morgan fingerprint density at radius 3 is 2.81 bits per heavy atom. The van der Waals surface area contributed by atoms with Gasteiger partial charge in [-0.1, -0.05) is 31.0 Å². The number of allylic oxidation sites excluding steroid dienone is 1. The molecule has 0 radical (unpaired) electrons. The second-order valence-corrected chi connectivity index (χ2v) is 8.65. The van der Waals surface area contributed by atoms with Crippen LogP contribution in [0.15, 0.2) is 41.8 Å². The molecule has 4 N–H and O–H groups in total. The molecule has 3 aromatic rings. The number of imidazole rings is 1. The van der Waals surface area contributed by atoms with Gasteiger partial charge in [0.2, 0.25) is 0 Å². The summed E-state index contributed by atoms with van der Waals surface area (Å²) in [7, 11) is 1.71. The highest BCUT2D eigenvalue weighted by atomic mass is 16.2. The monoisotopic (exact) mass is 429 g/mol. The van der Waals surface area contributed by atoms with Crippen LogP contribution < -0.4 is 11.1 Å². The summed E-state index contributed by atoms with van der Waals surface area (Å²) in [4.78, 5) is 33.9. The molecular formula is C24H27N7O. The molecule has 2 aliphatic carbocycles. The number of hydrogen-bond acceptors (Lipinski definition) is 6. The van der Waals surface area contributed by atoms with E-state index in [1.54, 1.807) is 19.5 Å². The van der Waals surface area contributed by atoms with E-state index in [9.17, 15) is 4.79 Å². The number of nitrogens with one attached hydrogen (secondary N) is 2. The van der Waals surface area contributed by atoms with E-state index in [0.29, 0.717) is 22.8 Å². The minimum atomic E-state index is -0.401. The van der Waals surface area contributed by atoms with Crippen molar-refractivity contribution < 1.29 is 4.79 Å². The Bertz CT molecular complexity index is 1220. The van der Waals surface area contributed by atoms with Crippen molar-refractivity contribution >= 4 is 28.9 Å². The fraction of sp³-hybridized carbons (Fsp3) is 0.375. The molecule has 1 amide bonds. The third kappa shape index (κ3) is 3.66. The van der Waals surface area contributed by atoms with E-state index in [4.69, 9.17) is 5.73 Å². The molecule has 2 aromatic heterocycles. The number of fused-ring (bicyclic) bond motifs is 1. The molecule has 164 valence electrons. The lowest BCUT2D eigenvalue weighted by Crippen LogP contribution is -2.35. The van der Waals surface area contributed by atoms with E-state index in [-0.39, 0.29) is 5.91 Å². The molecule has 2 heterocycles. The second-order valence-electron chi connectivity index (χ2n) is 8.65. The summed E-state index contributed by atoms with van der Waals surface area (Å²) in [5.74, 6) is 1.11. The van der Waals surface area contributed by atoms with Gasteiger partial charge >= 0.3 is 0 Å². The summed E-state index contributed by atoms with van der Waals surface area (Å²) in [5.41, 5.74) is 9.74. The smallest absolute Gasteiger partial charge is 0.272 e. The van der Waals surface area contributed by atoms with E-state index in [1.165, 1.54) is 19.2 Å². The largest absolute Gasteiger partial charge is 0.404 e. The zero-order valence-electron chi connectivity index (χ0n) is 18.1. The first-order valence-electron chi connectivity index (χ1n) is 11.1. The number of H-pyrrole nitrogens is 1. The van der Waals surface area contributed by atoms with Gasteiger partial charge in [-0.2, -0.15) is 0 Å². The lowest BCUT2D eigenvalue weighted by atomic mass is 9.98. The molecule has 8 nitrogen and oxygen atoms in total. The number of aromatic nitrogens is 4. The molecule has 8 heteroatoms. The summed E-state index contributed by atoms with van der Waals surface area (Å²) < 4.78 is 0. The topological polar surface area (TPSA) is 122 Å². The van der Waals surface area contributed by atoms with Gasteiger partial charge < -0.3 is 16.0 Å².